The molecule has 2 bridgehead atoms. The summed E-state index contributed by atoms with van der Waals surface area (Å²) >= 11 is 0. The van der Waals surface area contributed by atoms with Crippen LogP contribution in [0.25, 0.3) is 0 Å². The van der Waals surface area contributed by atoms with Gasteiger partial charge in [-0.25, -0.2) is 4.79 Å². The molecule has 36 heavy (non-hydrogen) atoms. The van der Waals surface area contributed by atoms with E-state index in [2.05, 4.69) is 20.4 Å². The maximum absolute atomic E-state index is 14.4. The van der Waals surface area contributed by atoms with Gasteiger partial charge < -0.3 is 19.7 Å². The van der Waals surface area contributed by atoms with Crippen LogP contribution < -0.4 is 0 Å². The molecule has 0 aromatic heterocycles. The molecule has 2 fully saturated rings. The average Bonchev–Trinajstić information content (AvgIpc) is 3.37. The molecule has 0 amide bonds. The maximum Gasteiger partial charge on any atom is 0.334 e. The summed E-state index contributed by atoms with van der Waals surface area (Å²) in [4.78, 5) is 27.2. The summed E-state index contributed by atoms with van der Waals surface area (Å²) in [5, 5.41) is 24.3. The van der Waals surface area contributed by atoms with Gasteiger partial charge in [0.25, 0.3) is 0 Å². The van der Waals surface area contributed by atoms with Crippen molar-refractivity contribution in [1.82, 2.24) is 0 Å². The lowest BCUT2D eigenvalue weighted by atomic mass is 9.63. The van der Waals surface area contributed by atoms with E-state index in [4.69, 9.17) is 9.47 Å². The van der Waals surface area contributed by atoms with E-state index in [1.807, 2.05) is 26.0 Å². The molecule has 2 N–H and O–H groups in total. The number of allylic oxidation sites excluding steroid dienone is 4. The molecule has 2 saturated carbocycles. The average molecular weight is 497 g/mol. The summed E-state index contributed by atoms with van der Waals surface area (Å²) < 4.78 is 11.7. The standard InChI is InChI=1S/C30H40O6/c1-9-16(3)19(6)35-15-20-13-21-23-22(28(23,7)8)11-12-29(25(21)32)14-18(5)26(30(29,34)24(20)31)36-27(33)17(4)10-2/h9-10,13-14,21-24,26,31,34H,6,11-12,15H2,1-5,7-8H3/b16-9-,17-10-. The number of carbonyl (C=O) groups excluding carboxylic acids is 2. The molecule has 4 rings (SSSR count). The number of rotatable bonds is 6. The highest BCUT2D eigenvalue weighted by Crippen LogP contribution is 2.70. The molecule has 0 heterocycles. The molecule has 196 valence electrons. The third-order valence-electron chi connectivity index (χ3n) is 9.55. The van der Waals surface area contributed by atoms with Crippen LogP contribution in [-0.4, -0.2) is 46.4 Å². The second-order valence-corrected chi connectivity index (χ2v) is 11.7. The molecule has 0 aromatic carbocycles. The van der Waals surface area contributed by atoms with Gasteiger partial charge in [0, 0.05) is 11.5 Å². The van der Waals surface area contributed by atoms with Crippen LogP contribution in [0.3, 0.4) is 0 Å². The normalized spacial score (nSPS) is 39.1. The Balaban J connectivity index is 1.82. The first-order valence-corrected chi connectivity index (χ1v) is 12.9. The molecule has 0 radical (unpaired) electrons. The molecule has 7 atom stereocenters. The van der Waals surface area contributed by atoms with Crippen LogP contribution >= 0.6 is 0 Å². The number of Topliss-reactive ketones (excluding diaryl/α,β-unsaturated/α-hetero) is 1. The number of aliphatic hydroxyl groups excluding tert-OH is 1. The van der Waals surface area contributed by atoms with Crippen LogP contribution in [0.4, 0.5) is 0 Å². The van der Waals surface area contributed by atoms with Crippen LogP contribution in [0.2, 0.25) is 0 Å². The summed E-state index contributed by atoms with van der Waals surface area (Å²) in [6, 6.07) is 0. The van der Waals surface area contributed by atoms with Crippen LogP contribution in [0.5, 0.6) is 0 Å². The highest BCUT2D eigenvalue weighted by atomic mass is 16.6. The molecule has 0 saturated heterocycles. The molecule has 4 aliphatic rings. The monoisotopic (exact) mass is 496 g/mol. The minimum absolute atomic E-state index is 0.00475. The van der Waals surface area contributed by atoms with Gasteiger partial charge in [-0.1, -0.05) is 44.7 Å². The van der Waals surface area contributed by atoms with E-state index < -0.39 is 35.1 Å². The number of fused-ring (bicyclic) bond motifs is 3. The van der Waals surface area contributed by atoms with E-state index in [1.54, 1.807) is 32.9 Å². The van der Waals surface area contributed by atoms with Gasteiger partial charge >= 0.3 is 5.97 Å². The minimum Gasteiger partial charge on any atom is -0.490 e. The van der Waals surface area contributed by atoms with Crippen molar-refractivity contribution in [1.29, 1.82) is 0 Å². The van der Waals surface area contributed by atoms with Crippen LogP contribution in [0.15, 0.2) is 58.9 Å². The van der Waals surface area contributed by atoms with Gasteiger partial charge in [0.05, 0.1) is 5.41 Å². The van der Waals surface area contributed by atoms with Crippen LogP contribution in [0.1, 0.15) is 61.3 Å². The van der Waals surface area contributed by atoms with Crippen molar-refractivity contribution in [2.75, 3.05) is 6.61 Å². The maximum atomic E-state index is 14.4. The van der Waals surface area contributed by atoms with Crippen LogP contribution in [0, 0.1) is 28.6 Å². The molecule has 0 aromatic rings. The molecular formula is C30H40O6. The lowest BCUT2D eigenvalue weighted by Gasteiger charge is -2.46. The first-order chi connectivity index (χ1) is 16.8. The van der Waals surface area contributed by atoms with E-state index in [0.717, 1.165) is 12.0 Å². The SMILES string of the molecule is C=C(OCC1=CC2C(=O)C3(C=C(C)C(OC(=O)/C(C)=C\C)C3(O)C1O)CCC1C2C1(C)C)/C(C)=C\C. The van der Waals surface area contributed by atoms with Gasteiger partial charge in [-0.2, -0.15) is 0 Å². The highest BCUT2D eigenvalue weighted by Gasteiger charge is 2.74. The molecule has 6 heteroatoms. The fourth-order valence-electron chi connectivity index (χ4n) is 6.96. The van der Waals surface area contributed by atoms with E-state index >= 15 is 0 Å². The molecule has 4 aliphatic carbocycles. The van der Waals surface area contributed by atoms with Crippen molar-refractivity contribution in [3.63, 3.8) is 0 Å². The number of hydrogen-bond donors (Lipinski definition) is 2. The van der Waals surface area contributed by atoms with Gasteiger partial charge in [0.1, 0.15) is 18.5 Å². The molecule has 0 aliphatic heterocycles. The Hall–Kier alpha value is -2.44. The predicted molar refractivity (Wildman–Crippen MR) is 138 cm³/mol. The summed E-state index contributed by atoms with van der Waals surface area (Å²) in [5.41, 5.74) is -1.16. The van der Waals surface area contributed by atoms with E-state index in [1.165, 1.54) is 0 Å². The topological polar surface area (TPSA) is 93.1 Å². The molecular weight excluding hydrogens is 456 g/mol. The third-order valence-corrected chi connectivity index (χ3v) is 9.55. The number of ether oxygens (including phenoxy) is 2. The molecule has 1 spiro atoms. The fraction of sp³-hybridized carbons (Fsp3) is 0.600. The van der Waals surface area contributed by atoms with Crippen molar-refractivity contribution in [2.24, 2.45) is 28.6 Å². The van der Waals surface area contributed by atoms with E-state index in [9.17, 15) is 19.8 Å². The first kappa shape index (κ1) is 26.6. The Morgan fingerprint density at radius 1 is 1.22 bits per heavy atom. The second-order valence-electron chi connectivity index (χ2n) is 11.7. The second kappa shape index (κ2) is 8.84. The number of aliphatic hydroxyl groups is 2. The number of ketones is 1. The summed E-state index contributed by atoms with van der Waals surface area (Å²) in [7, 11) is 0. The van der Waals surface area contributed by atoms with E-state index in [0.29, 0.717) is 34.8 Å². The lowest BCUT2D eigenvalue weighted by Crippen LogP contribution is -2.63. The largest absolute Gasteiger partial charge is 0.490 e. The van der Waals surface area contributed by atoms with E-state index in [-0.39, 0.29) is 23.7 Å². The zero-order valence-electron chi connectivity index (χ0n) is 22.6. The minimum atomic E-state index is -2.04. The summed E-state index contributed by atoms with van der Waals surface area (Å²) in [6.45, 7) is 17.2. The zero-order valence-corrected chi connectivity index (χ0v) is 22.6. The zero-order chi connectivity index (χ0) is 26.8. The Morgan fingerprint density at radius 2 is 1.86 bits per heavy atom. The molecule has 6 nitrogen and oxygen atoms in total. The van der Waals surface area contributed by atoms with Gasteiger partial charge in [0.15, 0.2) is 17.5 Å². The van der Waals surface area contributed by atoms with Gasteiger partial charge in [0.2, 0.25) is 0 Å². The van der Waals surface area contributed by atoms with Crippen LogP contribution in [-0.2, 0) is 19.1 Å². The quantitative estimate of drug-likeness (QED) is 0.184. The Labute approximate surface area is 214 Å². The Kier molecular flexibility index (Phi) is 6.54. The number of esters is 1. The first-order valence-electron chi connectivity index (χ1n) is 12.9. The van der Waals surface area contributed by atoms with Gasteiger partial charge in [-0.15, -0.1) is 0 Å². The number of hydrogen-bond acceptors (Lipinski definition) is 6. The Bertz CT molecular complexity index is 1120. The summed E-state index contributed by atoms with van der Waals surface area (Å²) in [6.07, 6.45) is 5.61. The van der Waals surface area contributed by atoms with Crippen molar-refractivity contribution < 1.29 is 29.3 Å². The predicted octanol–water partition coefficient (Wildman–Crippen LogP) is 4.59. The third kappa shape index (κ3) is 3.59. The Morgan fingerprint density at radius 3 is 2.47 bits per heavy atom. The molecule has 7 unspecified atom stereocenters. The fourth-order valence-corrected chi connectivity index (χ4v) is 6.96. The highest BCUT2D eigenvalue weighted by molar-refractivity contribution is 5.95. The lowest BCUT2D eigenvalue weighted by molar-refractivity contribution is -0.194. The van der Waals surface area contributed by atoms with Gasteiger partial charge in [-0.05, 0) is 81.4 Å². The summed E-state index contributed by atoms with van der Waals surface area (Å²) in [5.74, 6) is -0.250. The number of carbonyl (C=O) groups is 2. The van der Waals surface area contributed by atoms with Crippen molar-refractivity contribution in [3.05, 3.63) is 58.9 Å². The van der Waals surface area contributed by atoms with Crippen molar-refractivity contribution in [2.45, 2.75) is 79.1 Å². The van der Waals surface area contributed by atoms with Crippen molar-refractivity contribution >= 4 is 11.8 Å². The van der Waals surface area contributed by atoms with Gasteiger partial charge in [-0.3, -0.25) is 4.79 Å². The van der Waals surface area contributed by atoms with Crippen molar-refractivity contribution in [3.8, 4) is 0 Å². The smallest absolute Gasteiger partial charge is 0.334 e.